The van der Waals surface area contributed by atoms with Crippen LogP contribution in [0.5, 0.6) is 5.75 Å². The van der Waals surface area contributed by atoms with Gasteiger partial charge in [-0.25, -0.2) is 15.0 Å². The molecule has 1 aromatic carbocycles. The lowest BCUT2D eigenvalue weighted by molar-refractivity contribution is -0.134. The lowest BCUT2D eigenvalue weighted by Gasteiger charge is -2.28. The number of hydroxylamine groups is 1. The molecule has 1 amide bonds. The Balaban J connectivity index is 1.74. The highest BCUT2D eigenvalue weighted by molar-refractivity contribution is 5.77. The lowest BCUT2D eigenvalue weighted by Crippen LogP contribution is -2.30. The van der Waals surface area contributed by atoms with Crippen LogP contribution in [0.4, 0.5) is 0 Å². The summed E-state index contributed by atoms with van der Waals surface area (Å²) in [4.78, 5) is 32.2. The van der Waals surface area contributed by atoms with Gasteiger partial charge in [-0.2, -0.15) is 0 Å². The van der Waals surface area contributed by atoms with Gasteiger partial charge in [-0.15, -0.1) is 5.10 Å². The van der Waals surface area contributed by atoms with Crippen molar-refractivity contribution >= 4 is 11.4 Å². The number of hydrogen-bond acceptors (Lipinski definition) is 6. The van der Waals surface area contributed by atoms with E-state index in [4.69, 9.17) is 15.0 Å². The van der Waals surface area contributed by atoms with E-state index < -0.39 is 0 Å². The van der Waals surface area contributed by atoms with Crippen LogP contribution in [-0.4, -0.2) is 37.3 Å². The molecule has 2 aromatic heterocycles. The number of aromatic amines is 1. The van der Waals surface area contributed by atoms with Crippen molar-refractivity contribution in [2.75, 3.05) is 6.61 Å². The Labute approximate surface area is 192 Å². The largest absolute Gasteiger partial charge is 0.493 e. The van der Waals surface area contributed by atoms with E-state index in [0.717, 1.165) is 55.5 Å². The van der Waals surface area contributed by atoms with E-state index in [1.165, 1.54) is 0 Å². The zero-order valence-electron chi connectivity index (χ0n) is 19.4. The van der Waals surface area contributed by atoms with E-state index in [1.807, 2.05) is 32.0 Å². The molecule has 0 saturated heterocycles. The second-order valence-electron chi connectivity index (χ2n) is 8.64. The number of aryl methyl sites for hydroxylation is 2. The number of imidazole rings is 1. The van der Waals surface area contributed by atoms with Crippen molar-refractivity contribution in [3.05, 3.63) is 45.6 Å². The predicted octanol–water partition coefficient (Wildman–Crippen LogP) is 3.52. The van der Waals surface area contributed by atoms with Crippen LogP contribution >= 0.6 is 0 Å². The molecule has 1 saturated carbocycles. The summed E-state index contributed by atoms with van der Waals surface area (Å²) in [5, 5.41) is 13.7. The topological polar surface area (TPSA) is 122 Å². The monoisotopic (exact) mass is 453 g/mol. The highest BCUT2D eigenvalue weighted by Crippen LogP contribution is 2.39. The molecule has 0 bridgehead atoms. The second-order valence-corrected chi connectivity index (χ2v) is 8.64. The predicted molar refractivity (Wildman–Crippen MR) is 124 cm³/mol. The van der Waals surface area contributed by atoms with Crippen LogP contribution in [0.2, 0.25) is 0 Å². The summed E-state index contributed by atoms with van der Waals surface area (Å²) < 4.78 is 7.52. The molecule has 2 heterocycles. The maximum absolute atomic E-state index is 12.9. The molecule has 0 atom stereocenters. The molecule has 1 aliphatic rings. The van der Waals surface area contributed by atoms with Gasteiger partial charge in [0.25, 0.3) is 5.56 Å². The summed E-state index contributed by atoms with van der Waals surface area (Å²) in [5.74, 6) is 1.69. The van der Waals surface area contributed by atoms with Crippen molar-refractivity contribution in [3.63, 3.8) is 0 Å². The number of fused-ring (bicyclic) bond motifs is 1. The lowest BCUT2D eigenvalue weighted by atomic mass is 9.78. The minimum atomic E-state index is -0.311. The number of hydrogen-bond donors (Lipinski definition) is 3. The second kappa shape index (κ2) is 9.74. The first kappa shape index (κ1) is 23.0. The Bertz CT molecular complexity index is 1210. The fourth-order valence-electron chi connectivity index (χ4n) is 4.79. The molecule has 9 heteroatoms. The van der Waals surface area contributed by atoms with E-state index in [1.54, 1.807) is 10.00 Å². The van der Waals surface area contributed by atoms with Crippen LogP contribution < -0.4 is 15.8 Å². The normalized spacial score (nSPS) is 18.4. The molecular formula is C24H31N5O4. The molecule has 3 N–H and O–H groups in total. The third-order valence-corrected chi connectivity index (χ3v) is 6.45. The summed E-state index contributed by atoms with van der Waals surface area (Å²) in [6.07, 6.45) is 4.75. The number of nitrogens with zero attached hydrogens (tertiary/aromatic N) is 3. The van der Waals surface area contributed by atoms with E-state index >= 15 is 0 Å². The minimum absolute atomic E-state index is 0.157. The van der Waals surface area contributed by atoms with Gasteiger partial charge in [0.05, 0.1) is 17.9 Å². The van der Waals surface area contributed by atoms with E-state index in [2.05, 4.69) is 16.9 Å². The summed E-state index contributed by atoms with van der Waals surface area (Å²) in [5.41, 5.74) is 4.54. The summed E-state index contributed by atoms with van der Waals surface area (Å²) in [6.45, 7) is 6.30. The number of carbonyl (C=O) groups excluding carboxylic acids is 1. The van der Waals surface area contributed by atoms with Crippen LogP contribution in [0.15, 0.2) is 23.0 Å². The van der Waals surface area contributed by atoms with Crippen LogP contribution in [0.25, 0.3) is 16.9 Å². The molecule has 176 valence electrons. The van der Waals surface area contributed by atoms with Crippen molar-refractivity contribution in [1.29, 1.82) is 0 Å². The average Bonchev–Trinajstić information content (AvgIpc) is 3.15. The number of carbonyl (C=O) groups is 1. The summed E-state index contributed by atoms with van der Waals surface area (Å²) in [7, 11) is 0. The standard InChI is InChI=1S/C24H31N5O4/c1-4-6-20-25-14(3)21-24(31)26-22(27-29(20)21)18-13-17(11-12-19(18)33-5-2)15-7-9-16(10-8-15)23(30)28-32/h11-13,15-16,32H,4-10H2,1-3H3,(H,28,30)(H,26,27,31)/t15-,16+. The third kappa shape index (κ3) is 4.50. The Morgan fingerprint density at radius 3 is 2.70 bits per heavy atom. The number of rotatable bonds is 7. The first-order chi connectivity index (χ1) is 16.0. The van der Waals surface area contributed by atoms with Crippen molar-refractivity contribution in [3.8, 4) is 17.1 Å². The van der Waals surface area contributed by atoms with Crippen LogP contribution in [0, 0.1) is 12.8 Å². The number of aromatic nitrogens is 4. The first-order valence-electron chi connectivity index (χ1n) is 11.7. The van der Waals surface area contributed by atoms with Crippen molar-refractivity contribution < 1.29 is 14.7 Å². The number of nitrogens with one attached hydrogen (secondary N) is 2. The Morgan fingerprint density at radius 2 is 2.03 bits per heavy atom. The molecular weight excluding hydrogens is 422 g/mol. The molecule has 1 fully saturated rings. The quantitative estimate of drug-likeness (QED) is 0.372. The van der Waals surface area contributed by atoms with Gasteiger partial charge in [0.15, 0.2) is 11.3 Å². The number of H-pyrrole nitrogens is 1. The van der Waals surface area contributed by atoms with Gasteiger partial charge < -0.3 is 9.72 Å². The molecule has 0 spiro atoms. The first-order valence-corrected chi connectivity index (χ1v) is 11.7. The third-order valence-electron chi connectivity index (χ3n) is 6.45. The Morgan fingerprint density at radius 1 is 1.27 bits per heavy atom. The van der Waals surface area contributed by atoms with Crippen molar-refractivity contribution in [1.82, 2.24) is 25.1 Å². The fraction of sp³-hybridized carbons (Fsp3) is 0.500. The molecule has 3 aromatic rings. The molecule has 0 aliphatic heterocycles. The molecule has 9 nitrogen and oxygen atoms in total. The highest BCUT2D eigenvalue weighted by atomic mass is 16.5. The molecule has 1 aliphatic carbocycles. The maximum atomic E-state index is 12.9. The number of ether oxygens (including phenoxy) is 1. The van der Waals surface area contributed by atoms with Gasteiger partial charge in [-0.05, 0) is 69.6 Å². The average molecular weight is 454 g/mol. The summed E-state index contributed by atoms with van der Waals surface area (Å²) in [6, 6.07) is 6.01. The van der Waals surface area contributed by atoms with Crippen LogP contribution in [-0.2, 0) is 11.2 Å². The SMILES string of the molecule is CCCc1nc(C)c2c(=O)[nH]c(-c3cc([C@H]4CC[C@@H](C(=O)NO)CC4)ccc3OCC)nn12. The van der Waals surface area contributed by atoms with E-state index in [0.29, 0.717) is 29.4 Å². The molecule has 0 radical (unpaired) electrons. The number of amides is 1. The van der Waals surface area contributed by atoms with Gasteiger partial charge in [0.1, 0.15) is 11.6 Å². The van der Waals surface area contributed by atoms with Crippen molar-refractivity contribution in [2.45, 2.75) is 65.2 Å². The molecule has 4 rings (SSSR count). The van der Waals surface area contributed by atoms with Gasteiger partial charge >= 0.3 is 0 Å². The van der Waals surface area contributed by atoms with Gasteiger partial charge in [-0.1, -0.05) is 13.0 Å². The molecule has 33 heavy (non-hydrogen) atoms. The Kier molecular flexibility index (Phi) is 6.78. The molecule has 0 unspecified atom stereocenters. The van der Waals surface area contributed by atoms with Gasteiger partial charge in [0, 0.05) is 12.3 Å². The number of benzene rings is 1. The van der Waals surface area contributed by atoms with Crippen LogP contribution in [0.3, 0.4) is 0 Å². The highest BCUT2D eigenvalue weighted by Gasteiger charge is 2.27. The maximum Gasteiger partial charge on any atom is 0.277 e. The zero-order chi connectivity index (χ0) is 23.5. The zero-order valence-corrected chi connectivity index (χ0v) is 19.4. The van der Waals surface area contributed by atoms with Crippen LogP contribution in [0.1, 0.15) is 69.0 Å². The smallest absolute Gasteiger partial charge is 0.277 e. The van der Waals surface area contributed by atoms with Gasteiger partial charge in [0.2, 0.25) is 5.91 Å². The van der Waals surface area contributed by atoms with E-state index in [-0.39, 0.29) is 23.3 Å². The summed E-state index contributed by atoms with van der Waals surface area (Å²) >= 11 is 0. The van der Waals surface area contributed by atoms with Gasteiger partial charge in [-0.3, -0.25) is 14.8 Å². The van der Waals surface area contributed by atoms with Crippen molar-refractivity contribution in [2.24, 2.45) is 5.92 Å². The Hall–Kier alpha value is -3.20. The fourth-order valence-corrected chi connectivity index (χ4v) is 4.79. The van der Waals surface area contributed by atoms with E-state index in [9.17, 15) is 9.59 Å². The minimum Gasteiger partial charge on any atom is -0.493 e.